The van der Waals surface area contributed by atoms with Crippen molar-refractivity contribution in [2.24, 2.45) is 16.7 Å². The molecule has 0 spiro atoms. The van der Waals surface area contributed by atoms with Crippen molar-refractivity contribution in [3.05, 3.63) is 82.9 Å². The Kier molecular flexibility index (Phi) is 15.1. The Morgan fingerprint density at radius 1 is 0.897 bits per heavy atom. The topological polar surface area (TPSA) is 193 Å². The molecule has 2 aromatic rings. The third-order valence-corrected chi connectivity index (χ3v) is 25.9. The molecule has 14 nitrogen and oxygen atoms in total. The number of amides is 1. The summed E-state index contributed by atoms with van der Waals surface area (Å²) in [6, 6.07) is 18.7. The number of rotatable bonds is 15. The van der Waals surface area contributed by atoms with Gasteiger partial charge >= 0.3 is 17.9 Å². The van der Waals surface area contributed by atoms with Crippen LogP contribution in [0.25, 0.3) is 0 Å². The minimum absolute atomic E-state index is 0.138. The van der Waals surface area contributed by atoms with Crippen molar-refractivity contribution in [2.75, 3.05) is 6.61 Å². The minimum atomic E-state index is -2.87. The van der Waals surface area contributed by atoms with E-state index in [0.29, 0.717) is 16.7 Å². The fourth-order valence-electron chi connectivity index (χ4n) is 11.4. The number of carbonyl (C=O) groups excluding carboxylic acids is 5. The van der Waals surface area contributed by atoms with Gasteiger partial charge in [-0.15, -0.1) is 0 Å². The van der Waals surface area contributed by atoms with Crippen LogP contribution in [0.15, 0.2) is 71.8 Å². The summed E-state index contributed by atoms with van der Waals surface area (Å²) in [5.74, 6) is -4.73. The van der Waals surface area contributed by atoms with Crippen molar-refractivity contribution in [3.63, 3.8) is 0 Å². The molecule has 2 bridgehead atoms. The zero-order valence-electron chi connectivity index (χ0n) is 42.5. The van der Waals surface area contributed by atoms with Gasteiger partial charge in [0, 0.05) is 43.6 Å². The van der Waals surface area contributed by atoms with Gasteiger partial charge in [-0.3, -0.25) is 19.2 Å². The van der Waals surface area contributed by atoms with E-state index < -0.39 is 122 Å². The maximum Gasteiger partial charge on any atom is 0.337 e. The highest BCUT2D eigenvalue weighted by atomic mass is 28.4. The molecule has 3 fully saturated rings. The number of Topliss-reactive ketones (excluding diaryl/α,β-unsaturated/α-hetero) is 1. The smallest absolute Gasteiger partial charge is 0.337 e. The van der Waals surface area contributed by atoms with Crippen LogP contribution in [0.5, 0.6) is 0 Å². The van der Waals surface area contributed by atoms with Crippen LogP contribution in [0.1, 0.15) is 118 Å². The summed E-state index contributed by atoms with van der Waals surface area (Å²) in [5.41, 5.74) is -5.68. The maximum absolute atomic E-state index is 16.1. The van der Waals surface area contributed by atoms with E-state index in [1.54, 1.807) is 82.3 Å². The summed E-state index contributed by atoms with van der Waals surface area (Å²) in [6.45, 7) is 25.2. The van der Waals surface area contributed by atoms with Crippen molar-refractivity contribution in [3.8, 4) is 0 Å². The lowest BCUT2D eigenvalue weighted by molar-refractivity contribution is -0.345. The summed E-state index contributed by atoms with van der Waals surface area (Å²) in [7, 11) is -5.41. The van der Waals surface area contributed by atoms with Gasteiger partial charge in [0.15, 0.2) is 40.2 Å². The van der Waals surface area contributed by atoms with Crippen LogP contribution in [-0.4, -0.2) is 111 Å². The second-order valence-electron chi connectivity index (χ2n) is 21.8. The molecule has 16 heteroatoms. The van der Waals surface area contributed by atoms with Crippen molar-refractivity contribution in [2.45, 2.75) is 186 Å². The Bertz CT molecular complexity index is 2250. The van der Waals surface area contributed by atoms with Crippen LogP contribution in [0.2, 0.25) is 36.3 Å². The molecule has 0 unspecified atom stereocenters. The molecule has 374 valence electrons. The lowest BCUT2D eigenvalue weighted by atomic mass is 9.44. The van der Waals surface area contributed by atoms with Gasteiger partial charge in [-0.1, -0.05) is 104 Å². The highest BCUT2D eigenvalue weighted by molar-refractivity contribution is 6.74. The van der Waals surface area contributed by atoms with Crippen molar-refractivity contribution >= 4 is 46.2 Å². The summed E-state index contributed by atoms with van der Waals surface area (Å²) in [6.07, 6.45) is -8.23. The molecular weight excluding hydrogens is 903 g/mol. The molecule has 11 atom stereocenters. The molecular formula is C52H75NO13Si2. The van der Waals surface area contributed by atoms with E-state index in [4.69, 9.17) is 27.8 Å². The molecule has 0 radical (unpaired) electrons. The van der Waals surface area contributed by atoms with Crippen LogP contribution in [0.4, 0.5) is 0 Å². The molecule has 2 aromatic carbocycles. The minimum Gasteiger partial charge on any atom is -0.456 e. The normalized spacial score (nSPS) is 31.1. The summed E-state index contributed by atoms with van der Waals surface area (Å²) >= 11 is 0. The van der Waals surface area contributed by atoms with Gasteiger partial charge in [0.25, 0.3) is 5.91 Å². The third kappa shape index (κ3) is 9.11. The Labute approximate surface area is 404 Å². The average molecular weight is 978 g/mol. The summed E-state index contributed by atoms with van der Waals surface area (Å²) < 4.78 is 39.3. The second-order valence-corrected chi connectivity index (χ2v) is 31.3. The van der Waals surface area contributed by atoms with Crippen LogP contribution < -0.4 is 5.32 Å². The Morgan fingerprint density at radius 3 is 1.97 bits per heavy atom. The van der Waals surface area contributed by atoms with Crippen LogP contribution in [0.3, 0.4) is 0 Å². The number of nitrogens with one attached hydrogen (secondary N) is 1. The van der Waals surface area contributed by atoms with Gasteiger partial charge in [0.1, 0.15) is 17.8 Å². The van der Waals surface area contributed by atoms with Crippen molar-refractivity contribution < 1.29 is 62.0 Å². The number of ether oxygens (including phenoxy) is 4. The zero-order valence-corrected chi connectivity index (χ0v) is 44.5. The second kappa shape index (κ2) is 19.3. The molecule has 1 heterocycles. The van der Waals surface area contributed by atoms with Crippen molar-refractivity contribution in [1.29, 1.82) is 0 Å². The molecule has 6 rings (SSSR count). The van der Waals surface area contributed by atoms with E-state index in [2.05, 4.69) is 26.1 Å². The zero-order chi connectivity index (χ0) is 50.6. The van der Waals surface area contributed by atoms with Crippen molar-refractivity contribution in [1.82, 2.24) is 5.32 Å². The largest absolute Gasteiger partial charge is 0.456 e. The highest BCUT2D eigenvalue weighted by Crippen LogP contribution is 2.64. The first kappa shape index (κ1) is 53.3. The quantitative estimate of drug-likeness (QED) is 0.0675. The molecule has 1 aliphatic heterocycles. The van der Waals surface area contributed by atoms with E-state index in [9.17, 15) is 24.6 Å². The number of ketones is 1. The van der Waals surface area contributed by atoms with E-state index in [0.717, 1.165) is 18.1 Å². The molecule has 1 saturated heterocycles. The predicted molar refractivity (Wildman–Crippen MR) is 260 cm³/mol. The number of hydrogen-bond acceptors (Lipinski definition) is 13. The lowest BCUT2D eigenvalue weighted by Gasteiger charge is -2.68. The number of esters is 3. The number of hydrogen-bond donors (Lipinski definition) is 3. The predicted octanol–water partition coefficient (Wildman–Crippen LogP) is 7.93. The monoisotopic (exact) mass is 977 g/mol. The highest BCUT2D eigenvalue weighted by Gasteiger charge is 2.78. The Balaban J connectivity index is 1.56. The van der Waals surface area contributed by atoms with Crippen LogP contribution in [0, 0.1) is 16.7 Å². The third-order valence-electron chi connectivity index (χ3n) is 16.8. The van der Waals surface area contributed by atoms with Crippen LogP contribution >= 0.6 is 0 Å². The van der Waals surface area contributed by atoms with Gasteiger partial charge in [-0.25, -0.2) is 4.79 Å². The lowest BCUT2D eigenvalue weighted by Crippen LogP contribution is -2.82. The molecule has 4 aliphatic rings. The van der Waals surface area contributed by atoms with Gasteiger partial charge in [0.2, 0.25) is 0 Å². The van der Waals surface area contributed by atoms with E-state index >= 15 is 9.59 Å². The first-order valence-electron chi connectivity index (χ1n) is 24.2. The molecule has 0 aromatic heterocycles. The summed E-state index contributed by atoms with van der Waals surface area (Å²) in [5, 5.41) is 29.7. The molecule has 3 N–H and O–H groups in total. The SMILES string of the molecule is CC[Si](CC)(CC)O[C@H]1C[C@H]2OC[C@@]2(OC(C)=O)[C@H]2[C@@H](O)[C@]3(O)C[C@H](OC(=O)[C@H](O[Si](C)(C)C(C)(C)C)[C@@H](NC(=O)c4ccccc4)c4ccccc4)C(C)=C([C@@H](OC(C)=O)C(=O)[C@]12C)C3(C)C. The van der Waals surface area contributed by atoms with E-state index in [-0.39, 0.29) is 25.0 Å². The number of aliphatic hydroxyl groups excluding tert-OH is 1. The number of aliphatic hydroxyl groups is 2. The number of benzene rings is 2. The molecule has 68 heavy (non-hydrogen) atoms. The average Bonchev–Trinajstić information content (AvgIpc) is 3.27. The van der Waals surface area contributed by atoms with Gasteiger partial charge < -0.3 is 43.3 Å². The summed E-state index contributed by atoms with van der Waals surface area (Å²) in [4.78, 5) is 71.9. The van der Waals surface area contributed by atoms with E-state index in [1.807, 2.05) is 39.9 Å². The number of carbonyl (C=O) groups is 5. The molecule has 3 aliphatic carbocycles. The van der Waals surface area contributed by atoms with Crippen LogP contribution in [-0.2, 0) is 47.0 Å². The van der Waals surface area contributed by atoms with Gasteiger partial charge in [0.05, 0.1) is 30.3 Å². The molecule has 2 saturated carbocycles. The standard InChI is InChI=1S/C52H75NO13Si2/c1-15-68(16-2,17-3)65-37-28-38-51(30-61-38,64-33(6)55)43-45(57)52(60)29-36(31(4)39(49(52,10)11)41(62-32(5)54)44(56)50(37,43)12)63-47(59)42(66-67(13,14)48(7,8)9)40(34-24-20-18-21-25-34)53-46(58)35-26-22-19-23-27-35/h18-27,36-38,40-43,45,57,60H,15-17,28-30H2,1-14H3,(H,53,58)/t36-,37-,38+,40-,41+,42+,43-,45+,50+,51-,52+/m0/s1. The van der Waals surface area contributed by atoms with Gasteiger partial charge in [-0.2, -0.15) is 0 Å². The fraction of sp³-hybridized carbons (Fsp3) is 0.635. The Morgan fingerprint density at radius 2 is 1.47 bits per heavy atom. The van der Waals surface area contributed by atoms with Gasteiger partial charge in [-0.05, 0) is 79.0 Å². The maximum atomic E-state index is 16.1. The fourth-order valence-corrected chi connectivity index (χ4v) is 15.5. The van der Waals surface area contributed by atoms with E-state index in [1.165, 1.54) is 13.8 Å². The first-order valence-corrected chi connectivity index (χ1v) is 29.7. The first-order chi connectivity index (χ1) is 31.6. The number of fused-ring (bicyclic) bond motifs is 5. The molecule has 1 amide bonds. The Hall–Kier alpha value is -4.04.